The van der Waals surface area contributed by atoms with Gasteiger partial charge in [-0.3, -0.25) is 0 Å². The number of hydrogen-bond donors (Lipinski definition) is 1. The van der Waals surface area contributed by atoms with E-state index < -0.39 is 5.69 Å². The molecular weight excluding hydrogens is 381 g/mol. The minimum absolute atomic E-state index is 0. The summed E-state index contributed by atoms with van der Waals surface area (Å²) in [6, 6.07) is 0. The molecule has 0 radical (unpaired) electrons. The van der Waals surface area contributed by atoms with Crippen molar-refractivity contribution in [2.45, 2.75) is 117 Å². The van der Waals surface area contributed by atoms with Crippen molar-refractivity contribution in [3.05, 3.63) is 0 Å². The summed E-state index contributed by atoms with van der Waals surface area (Å²) in [6.07, 6.45) is 20.5. The molecule has 0 heterocycles. The van der Waals surface area contributed by atoms with Crippen LogP contribution in [0, 0.1) is 0 Å². The van der Waals surface area contributed by atoms with Crippen molar-refractivity contribution in [2.24, 2.45) is 0 Å². The molecule has 0 rings (SSSR count). The molecule has 0 bridgehead atoms. The van der Waals surface area contributed by atoms with E-state index in [1.54, 1.807) is 0 Å². The van der Waals surface area contributed by atoms with Gasteiger partial charge in [0.25, 0.3) is 0 Å². The predicted molar refractivity (Wildman–Crippen MR) is 124 cm³/mol. The average molecular weight is 428 g/mol. The molecule has 1 atom stereocenters. The zero-order valence-corrected chi connectivity index (χ0v) is 20.3. The van der Waals surface area contributed by atoms with E-state index in [0.717, 1.165) is 18.6 Å². The molecule has 6 heteroatoms. The van der Waals surface area contributed by atoms with Crippen LogP contribution < -0.4 is 11.0 Å². The minimum atomic E-state index is -2.83. The molecule has 1 unspecified atom stereocenters. The van der Waals surface area contributed by atoms with Crippen LogP contribution >= 0.6 is 17.1 Å². The Morgan fingerprint density at radius 1 is 0.692 bits per heavy atom. The van der Waals surface area contributed by atoms with E-state index in [9.17, 15) is 4.89 Å². The maximum Gasteiger partial charge on any atom is 0.0513 e. The number of rotatable bonds is 20. The fourth-order valence-electron chi connectivity index (χ4n) is 2.86. The Bertz CT molecular complexity index is 294. The first-order valence-corrected chi connectivity index (χ1v) is 15.0. The molecule has 0 aliphatic rings. The summed E-state index contributed by atoms with van der Waals surface area (Å²) in [5.74, 6) is 0.882. The van der Waals surface area contributed by atoms with Gasteiger partial charge >= 0.3 is 0 Å². The maximum atomic E-state index is 12.2. The average Bonchev–Trinajstić information content (AvgIpc) is 2.59. The van der Waals surface area contributed by atoms with Gasteiger partial charge in [0.15, 0.2) is 0 Å². The Balaban J connectivity index is 0. The molecule has 26 heavy (non-hydrogen) atoms. The van der Waals surface area contributed by atoms with Gasteiger partial charge in [0, 0.05) is 5.69 Å². The fourth-order valence-corrected chi connectivity index (χ4v) is 6.25. The summed E-state index contributed by atoms with van der Waals surface area (Å²) in [4.78, 5) is 12.2. The van der Waals surface area contributed by atoms with Gasteiger partial charge < -0.3 is 15.6 Å². The number of hydrogen-bond acceptors (Lipinski definition) is 4. The van der Waals surface area contributed by atoms with Crippen molar-refractivity contribution in [1.29, 1.82) is 0 Å². The van der Waals surface area contributed by atoms with Crippen molar-refractivity contribution in [1.82, 2.24) is 6.15 Å². The maximum absolute atomic E-state index is 12.2. The van der Waals surface area contributed by atoms with Gasteiger partial charge in [0.1, 0.15) is 0 Å². The fraction of sp³-hybridized carbons (Fsp3) is 1.00. The van der Waals surface area contributed by atoms with Crippen molar-refractivity contribution in [2.75, 3.05) is 12.4 Å². The van der Waals surface area contributed by atoms with Gasteiger partial charge in [-0.2, -0.15) is 0 Å². The molecule has 0 saturated carbocycles. The Morgan fingerprint density at radius 2 is 1.08 bits per heavy atom. The zero-order chi connectivity index (χ0) is 18.6. The third-order valence-electron chi connectivity index (χ3n) is 4.49. The van der Waals surface area contributed by atoms with E-state index in [4.69, 9.17) is 16.3 Å². The molecule has 4 N–H and O–H groups in total. The second-order valence-corrected chi connectivity index (χ2v) is 13.2. The van der Waals surface area contributed by atoms with E-state index >= 15 is 0 Å². The van der Waals surface area contributed by atoms with Gasteiger partial charge in [-0.1, -0.05) is 116 Å². The molecule has 0 aromatic rings. The molecule has 0 fully saturated rings. The first kappa shape index (κ1) is 29.1. The summed E-state index contributed by atoms with van der Waals surface area (Å²) >= 11 is 6.51. The van der Waals surface area contributed by atoms with Gasteiger partial charge in [0.2, 0.25) is 0 Å². The molecule has 0 spiro atoms. The van der Waals surface area contributed by atoms with E-state index in [2.05, 4.69) is 13.8 Å². The van der Waals surface area contributed by atoms with Crippen molar-refractivity contribution >= 4 is 28.9 Å². The van der Waals surface area contributed by atoms with Gasteiger partial charge in [-0.15, -0.1) is 11.4 Å². The molecule has 0 amide bonds. The molecule has 0 aromatic carbocycles. The van der Waals surface area contributed by atoms with Crippen molar-refractivity contribution in [3.8, 4) is 0 Å². The monoisotopic (exact) mass is 427 g/mol. The van der Waals surface area contributed by atoms with Crippen LogP contribution in [0.2, 0.25) is 0 Å². The summed E-state index contributed by atoms with van der Waals surface area (Å²) in [7, 11) is 0. The normalized spacial score (nSPS) is 13.3. The van der Waals surface area contributed by atoms with Crippen LogP contribution in [0.15, 0.2) is 0 Å². The molecule has 0 aliphatic carbocycles. The van der Waals surface area contributed by atoms with Crippen molar-refractivity contribution < 1.29 is 9.42 Å². The molecule has 160 valence electrons. The highest BCUT2D eigenvalue weighted by Crippen LogP contribution is 2.52. The highest BCUT2D eigenvalue weighted by molar-refractivity contribution is 8.67. The Labute approximate surface area is 173 Å². The molecule has 0 aromatic heterocycles. The lowest BCUT2D eigenvalue weighted by Gasteiger charge is -2.26. The van der Waals surface area contributed by atoms with E-state index in [1.165, 1.54) is 101 Å². The third-order valence-corrected chi connectivity index (χ3v) is 8.86. The lowest BCUT2D eigenvalue weighted by atomic mass is 10.1. The van der Waals surface area contributed by atoms with E-state index in [-0.39, 0.29) is 6.15 Å². The standard InChI is InChI=1S/C20H43O2PS2.H3N/c1-3-5-7-9-11-13-15-17-19-22-23(21,24)25-20-18-16-14-12-10-8-6-4-2;/h3-20H2,1-2H3,(H,21,24);1H3. The highest BCUT2D eigenvalue weighted by Gasteiger charge is 2.04. The largest absolute Gasteiger partial charge is 0.793 e. The first-order chi connectivity index (χ1) is 12.1. The summed E-state index contributed by atoms with van der Waals surface area (Å²) in [5.41, 5.74) is -2.83. The number of quaternary nitrogens is 1. The lowest BCUT2D eigenvalue weighted by molar-refractivity contribution is -0.174. The topological polar surface area (TPSA) is 68.8 Å². The lowest BCUT2D eigenvalue weighted by Crippen LogP contribution is -2.03. The van der Waals surface area contributed by atoms with Crippen LogP contribution in [-0.2, 0) is 16.3 Å². The second-order valence-electron chi connectivity index (χ2n) is 7.06. The smallest absolute Gasteiger partial charge is 0.0513 e. The quantitative estimate of drug-likeness (QED) is 0.158. The molecule has 3 nitrogen and oxygen atoms in total. The van der Waals surface area contributed by atoms with Gasteiger partial charge in [-0.05, 0) is 18.6 Å². The van der Waals surface area contributed by atoms with Crippen LogP contribution in [0.4, 0.5) is 0 Å². The Morgan fingerprint density at radius 3 is 1.54 bits per heavy atom. The van der Waals surface area contributed by atoms with Crippen LogP contribution in [0.25, 0.3) is 0 Å². The minimum Gasteiger partial charge on any atom is -0.793 e. The zero-order valence-electron chi connectivity index (χ0n) is 17.8. The molecule has 0 saturated heterocycles. The molecular formula is C20H46NO2PS2. The summed E-state index contributed by atoms with van der Waals surface area (Å²) in [6.45, 7) is 5.07. The van der Waals surface area contributed by atoms with E-state index in [0.29, 0.717) is 6.61 Å². The number of unbranched alkanes of at least 4 members (excludes halogenated alkanes) is 14. The first-order valence-electron chi connectivity index (χ1n) is 10.7. The van der Waals surface area contributed by atoms with Gasteiger partial charge in [0.05, 0.1) is 6.61 Å². The van der Waals surface area contributed by atoms with Crippen LogP contribution in [0.1, 0.15) is 117 Å². The summed E-state index contributed by atoms with van der Waals surface area (Å²) < 4.78 is 5.48. The van der Waals surface area contributed by atoms with Crippen LogP contribution in [-0.4, -0.2) is 12.4 Å². The van der Waals surface area contributed by atoms with Gasteiger partial charge in [-0.25, -0.2) is 0 Å². The Kier molecular flexibility index (Phi) is 24.8. The molecule has 0 aliphatic heterocycles. The Hall–Kier alpha value is 0.880. The highest BCUT2D eigenvalue weighted by atomic mass is 32.9. The van der Waals surface area contributed by atoms with E-state index in [1.807, 2.05) is 0 Å². The SMILES string of the molecule is CCCCCCCCCCOP([O-])(=S)SCCCCCCCCCC.[NH4+]. The van der Waals surface area contributed by atoms with Crippen LogP contribution in [0.3, 0.4) is 0 Å². The third kappa shape index (κ3) is 22.9. The van der Waals surface area contributed by atoms with Crippen LogP contribution in [0.5, 0.6) is 0 Å². The van der Waals surface area contributed by atoms with Crippen molar-refractivity contribution in [3.63, 3.8) is 0 Å². The second kappa shape index (κ2) is 22.2. The summed E-state index contributed by atoms with van der Waals surface area (Å²) in [5, 5.41) is 0. The predicted octanol–water partition coefficient (Wildman–Crippen LogP) is 7.98.